The van der Waals surface area contributed by atoms with Gasteiger partial charge in [0.1, 0.15) is 12.2 Å². The van der Waals surface area contributed by atoms with Crippen molar-refractivity contribution in [3.63, 3.8) is 0 Å². The minimum Gasteiger partial charge on any atom is -0.462 e. The smallest absolute Gasteiger partial charge is 0.462 e. The minimum absolute atomic E-state index is 0.0390. The number of esters is 2. The van der Waals surface area contributed by atoms with Crippen molar-refractivity contribution in [2.24, 2.45) is 0 Å². The number of urea groups is 1. The van der Waals surface area contributed by atoms with E-state index in [1.807, 2.05) is 0 Å². The van der Waals surface area contributed by atoms with Crippen LogP contribution in [-0.4, -0.2) is 130 Å². The van der Waals surface area contributed by atoms with Crippen LogP contribution in [-0.2, 0) is 65.4 Å². The van der Waals surface area contributed by atoms with Gasteiger partial charge in [-0.1, -0.05) is 284 Å². The lowest BCUT2D eigenvalue weighted by Gasteiger charge is -2.22. The first-order valence-electron chi connectivity index (χ1n) is 43.2. The fraction of sp³-hybridized carbons (Fsp3) is 0.892. The summed E-state index contributed by atoms with van der Waals surface area (Å²) in [4.78, 5) is 86.7. The Kier molecular flexibility index (Phi) is 74.8. The van der Waals surface area contributed by atoms with Crippen LogP contribution >= 0.6 is 15.6 Å². The number of phosphoric ester groups is 2. The molecule has 0 aliphatic heterocycles. The van der Waals surface area contributed by atoms with E-state index in [0.717, 1.165) is 128 Å². The molecule has 4 unspecified atom stereocenters. The van der Waals surface area contributed by atoms with E-state index in [1.54, 1.807) is 0 Å². The third kappa shape index (κ3) is 73.6. The zero-order valence-corrected chi connectivity index (χ0v) is 70.1. The van der Waals surface area contributed by atoms with Gasteiger partial charge >= 0.3 is 33.6 Å². The van der Waals surface area contributed by atoms with Gasteiger partial charge in [0.25, 0.3) is 0 Å². The molecule has 21 nitrogen and oxygen atoms in total. The summed E-state index contributed by atoms with van der Waals surface area (Å²) in [6.45, 7) is 11.4. The Balaban J connectivity index is 5.59. The van der Waals surface area contributed by atoms with Crippen LogP contribution in [0, 0.1) is 0 Å². The fourth-order valence-electron chi connectivity index (χ4n) is 12.3. The second-order valence-corrected chi connectivity index (χ2v) is 32.2. The Morgan fingerprint density at radius 3 is 0.925 bits per heavy atom. The maximum Gasteiger partial charge on any atom is 0.472 e. The maximum atomic E-state index is 13.3. The number of unbranched alkanes of at least 4 members (excludes halogenated alkanes) is 38. The number of carbonyl (C=O) groups is 5. The van der Waals surface area contributed by atoms with Crippen LogP contribution < -0.4 is 21.3 Å². The van der Waals surface area contributed by atoms with Crippen LogP contribution in [0.5, 0.6) is 0 Å². The summed E-state index contributed by atoms with van der Waals surface area (Å²) in [6.07, 6.45) is 62.4. The zero-order chi connectivity index (χ0) is 77.8. The summed E-state index contributed by atoms with van der Waals surface area (Å²) >= 11 is 0. The van der Waals surface area contributed by atoms with Crippen molar-refractivity contribution in [2.75, 3.05) is 65.9 Å². The van der Waals surface area contributed by atoms with E-state index in [1.165, 1.54) is 141 Å². The number of hydrogen-bond acceptors (Lipinski definition) is 15. The molecule has 0 aromatic heterocycles. The highest BCUT2D eigenvalue weighted by Gasteiger charge is 2.27. The van der Waals surface area contributed by atoms with Gasteiger partial charge in [-0.05, 0) is 89.9 Å². The van der Waals surface area contributed by atoms with Gasteiger partial charge in [-0.2, -0.15) is 0 Å². The van der Waals surface area contributed by atoms with Crippen LogP contribution in [0.15, 0.2) is 24.3 Å². The Labute approximate surface area is 646 Å². The average molecular weight is 1550 g/mol. The molecule has 0 aliphatic rings. The molecule has 4 amide bonds. The van der Waals surface area contributed by atoms with Crippen LogP contribution in [0.25, 0.3) is 0 Å². The topological polar surface area (TPSA) is 282 Å². The van der Waals surface area contributed by atoms with E-state index in [2.05, 4.69) is 87.1 Å². The lowest BCUT2D eigenvalue weighted by atomic mass is 10.1. The van der Waals surface area contributed by atoms with Crippen molar-refractivity contribution in [3.8, 4) is 0 Å². The number of carbonyl (C=O) groups excluding carboxylic acids is 5. The molecular formula is C83H160N4O17P2. The number of rotatable bonds is 82. The predicted octanol–water partition coefficient (Wildman–Crippen LogP) is 21.7. The molecule has 0 heterocycles. The number of nitrogens with one attached hydrogen (secondary N) is 4. The summed E-state index contributed by atoms with van der Waals surface area (Å²) in [5.74, 6) is -0.927. The molecule has 0 fully saturated rings. The summed E-state index contributed by atoms with van der Waals surface area (Å²) in [5, 5.41) is 10.8. The summed E-state index contributed by atoms with van der Waals surface area (Å²) in [5.41, 5.74) is 0. The number of allylic oxidation sites excluding steroid dienone is 4. The third-order valence-electron chi connectivity index (χ3n) is 18.9. The first kappa shape index (κ1) is 103. The van der Waals surface area contributed by atoms with E-state index in [-0.39, 0.29) is 88.3 Å². The van der Waals surface area contributed by atoms with Crippen LogP contribution in [0.1, 0.15) is 388 Å². The standard InChI is InChI=1S/C83H160N4O17P2/c1-7-13-19-25-29-33-35-39-41-47-53-59-79(88)86-75(71-97-67-63-77(57-51-45-23-17-11-5)103-81(90)61-55-49-43-37-31-27-21-15-9-3)73-101-105(93,94)99-69-65-84-83(92)85-66-70-100-106(95,96)102-74-76(87-80(89)60-54-48-42-40-36-34-30-26-20-14-8-2)72-98-68-64-78(58-52-46-24-18-12-6)104-82(91)62-56-50-44-38-32-28-22-16-10-4/h37-38,43-44,75-78H,7-36,39-42,45-74H2,1-6H3,(H,86,88)(H,87,89)(H,93,94)(H,95,96)(H2,84,85,92)/t75?,76?,77-,78-/m1/s1. The zero-order valence-electron chi connectivity index (χ0n) is 68.3. The van der Waals surface area contributed by atoms with Crippen molar-refractivity contribution < 1.29 is 79.9 Å². The molecule has 0 aliphatic carbocycles. The maximum absolute atomic E-state index is 13.3. The quantitative estimate of drug-likeness (QED) is 0.0143. The van der Waals surface area contributed by atoms with Gasteiger partial charge in [0.2, 0.25) is 11.8 Å². The molecule has 0 saturated heterocycles. The number of phosphoric acid groups is 2. The van der Waals surface area contributed by atoms with Crippen molar-refractivity contribution in [2.45, 2.75) is 413 Å². The van der Waals surface area contributed by atoms with Gasteiger partial charge in [0.15, 0.2) is 0 Å². The highest BCUT2D eigenvalue weighted by molar-refractivity contribution is 7.47. The van der Waals surface area contributed by atoms with Gasteiger partial charge in [-0.3, -0.25) is 37.3 Å². The monoisotopic (exact) mass is 1550 g/mol. The Morgan fingerprint density at radius 2 is 0.604 bits per heavy atom. The molecule has 106 heavy (non-hydrogen) atoms. The van der Waals surface area contributed by atoms with Crippen LogP contribution in [0.3, 0.4) is 0 Å². The van der Waals surface area contributed by atoms with Gasteiger partial charge < -0.3 is 50.0 Å². The predicted molar refractivity (Wildman–Crippen MR) is 432 cm³/mol. The third-order valence-corrected chi connectivity index (χ3v) is 20.8. The van der Waals surface area contributed by atoms with E-state index >= 15 is 0 Å². The molecule has 0 rings (SSSR count). The molecule has 0 bridgehead atoms. The molecule has 624 valence electrons. The Morgan fingerprint density at radius 1 is 0.321 bits per heavy atom. The largest absolute Gasteiger partial charge is 0.472 e. The highest BCUT2D eigenvalue weighted by Crippen LogP contribution is 2.44. The molecule has 0 radical (unpaired) electrons. The number of amides is 4. The molecule has 6 N–H and O–H groups in total. The number of ether oxygens (including phenoxy) is 4. The molecule has 6 atom stereocenters. The Bertz CT molecular complexity index is 2050. The normalized spacial score (nSPS) is 14.0. The van der Waals surface area contributed by atoms with Crippen LogP contribution in [0.2, 0.25) is 0 Å². The van der Waals surface area contributed by atoms with E-state index < -0.39 is 60.2 Å². The second-order valence-electron chi connectivity index (χ2n) is 29.3. The van der Waals surface area contributed by atoms with Crippen molar-refractivity contribution in [3.05, 3.63) is 24.3 Å². The molecule has 0 spiro atoms. The van der Waals surface area contributed by atoms with Crippen molar-refractivity contribution in [1.29, 1.82) is 0 Å². The first-order chi connectivity index (χ1) is 51.5. The fourth-order valence-corrected chi connectivity index (χ4v) is 13.9. The molecule has 0 aromatic rings. The van der Waals surface area contributed by atoms with Crippen LogP contribution in [0.4, 0.5) is 4.79 Å². The molecular weight excluding hydrogens is 1390 g/mol. The second kappa shape index (κ2) is 77.1. The molecule has 0 aromatic carbocycles. The lowest BCUT2D eigenvalue weighted by Crippen LogP contribution is -2.41. The molecule has 23 heteroatoms. The lowest BCUT2D eigenvalue weighted by molar-refractivity contribution is -0.151. The summed E-state index contributed by atoms with van der Waals surface area (Å²) in [7, 11) is -9.42. The van der Waals surface area contributed by atoms with Crippen molar-refractivity contribution in [1.82, 2.24) is 21.3 Å². The summed E-state index contributed by atoms with van der Waals surface area (Å²) in [6, 6.07) is -2.34. The highest BCUT2D eigenvalue weighted by atomic mass is 31.2. The van der Waals surface area contributed by atoms with Gasteiger partial charge in [0.05, 0.1) is 64.9 Å². The van der Waals surface area contributed by atoms with E-state index in [9.17, 15) is 42.9 Å². The SMILES string of the molecule is CCCCCCC=CCCCC(=O)O[C@H](CCCCCCC)CCOCC(COP(=O)(O)OCCNC(=O)NCCOP(=O)(O)OCC(COCC[C@@H](CCCCCCC)OC(=O)CCCC=CCCCCCC)NC(=O)CCCCCCCCCCCCC)NC(=O)CCCCCCCCCCCCC. The van der Waals surface area contributed by atoms with E-state index in [0.29, 0.717) is 64.2 Å². The minimum atomic E-state index is -4.71. The van der Waals surface area contributed by atoms with Gasteiger partial charge in [0, 0.05) is 51.6 Å². The van der Waals surface area contributed by atoms with E-state index in [4.69, 9.17) is 37.0 Å². The van der Waals surface area contributed by atoms with Crippen molar-refractivity contribution >= 4 is 45.4 Å². The summed E-state index contributed by atoms with van der Waals surface area (Å²) < 4.78 is 71.6. The Hall–Kier alpha value is -3.23. The van der Waals surface area contributed by atoms with Gasteiger partial charge in [-0.25, -0.2) is 13.9 Å². The number of hydrogen-bond donors (Lipinski definition) is 6. The first-order valence-corrected chi connectivity index (χ1v) is 46.2. The molecule has 0 saturated carbocycles. The average Bonchev–Trinajstić information content (AvgIpc) is 0.918. The van der Waals surface area contributed by atoms with Gasteiger partial charge in [-0.15, -0.1) is 0 Å².